The molecule has 0 bridgehead atoms. The smallest absolute Gasteiger partial charge is 0.408 e. The van der Waals surface area contributed by atoms with Crippen molar-refractivity contribution < 1.29 is 23.9 Å². The van der Waals surface area contributed by atoms with Crippen LogP contribution in [0.25, 0.3) is 10.8 Å². The summed E-state index contributed by atoms with van der Waals surface area (Å²) in [6.07, 6.45) is 4.72. The van der Waals surface area contributed by atoms with E-state index in [1.807, 2.05) is 36.4 Å². The summed E-state index contributed by atoms with van der Waals surface area (Å²) >= 11 is 0. The molecule has 0 aliphatic rings. The van der Waals surface area contributed by atoms with Gasteiger partial charge in [-0.1, -0.05) is 54.5 Å². The Hall–Kier alpha value is -4.84. The number of rotatable bonds is 9. The van der Waals surface area contributed by atoms with Crippen LogP contribution in [-0.2, 0) is 19.1 Å². The molecular formula is C34H40N4O5. The van der Waals surface area contributed by atoms with Gasteiger partial charge in [0, 0.05) is 23.2 Å². The molecule has 3 aromatic carbocycles. The Morgan fingerprint density at radius 3 is 2.16 bits per heavy atom. The van der Waals surface area contributed by atoms with E-state index in [9.17, 15) is 19.2 Å². The standard InChI is InChI=1S/C34H40N4O5/c1-8-22-13-11-12-16-26(22)29(30(40)36-25-18-17-23-14-9-10-15-24(23)21-25)38(33(2,3)4)31(41)27(19-20-28(35)39)37-32(42)43-34(5,6)7/h1,9-18,21,27,29H,19-20H2,2-7H3,(H2,35,39)(H,36,40)(H,37,42). The van der Waals surface area contributed by atoms with Gasteiger partial charge in [0.05, 0.1) is 0 Å². The number of nitrogens with zero attached hydrogens (tertiary/aromatic N) is 1. The number of nitrogens with two attached hydrogens (primary N) is 1. The molecule has 0 aliphatic heterocycles. The van der Waals surface area contributed by atoms with Crippen LogP contribution in [0.3, 0.4) is 0 Å². The molecule has 226 valence electrons. The molecule has 0 aromatic heterocycles. The summed E-state index contributed by atoms with van der Waals surface area (Å²) in [5.74, 6) is 0.865. The van der Waals surface area contributed by atoms with Crippen LogP contribution >= 0.6 is 0 Å². The van der Waals surface area contributed by atoms with Crippen molar-refractivity contribution in [3.63, 3.8) is 0 Å². The van der Waals surface area contributed by atoms with Gasteiger partial charge in [0.1, 0.15) is 17.7 Å². The number of nitrogens with one attached hydrogen (secondary N) is 2. The quantitative estimate of drug-likeness (QED) is 0.294. The maximum absolute atomic E-state index is 14.4. The summed E-state index contributed by atoms with van der Waals surface area (Å²) in [5, 5.41) is 7.49. The fourth-order valence-electron chi connectivity index (χ4n) is 4.75. The normalized spacial score (nSPS) is 12.9. The Morgan fingerprint density at radius 1 is 0.930 bits per heavy atom. The topological polar surface area (TPSA) is 131 Å². The number of alkyl carbamates (subject to hydrolysis) is 1. The number of anilines is 1. The molecule has 4 N–H and O–H groups in total. The van der Waals surface area contributed by atoms with E-state index in [0.717, 1.165) is 10.8 Å². The first kappa shape index (κ1) is 32.7. The van der Waals surface area contributed by atoms with Gasteiger partial charge in [-0.2, -0.15) is 0 Å². The van der Waals surface area contributed by atoms with Gasteiger partial charge in [0.15, 0.2) is 0 Å². The minimum atomic E-state index is -1.23. The number of hydrogen-bond donors (Lipinski definition) is 3. The van der Waals surface area contributed by atoms with Crippen LogP contribution in [0.15, 0.2) is 66.7 Å². The zero-order chi connectivity index (χ0) is 31.9. The molecule has 0 fully saturated rings. The van der Waals surface area contributed by atoms with Crippen LogP contribution in [0.2, 0.25) is 0 Å². The molecule has 2 atom stereocenters. The minimum absolute atomic E-state index is 0.101. The van der Waals surface area contributed by atoms with Crippen molar-refractivity contribution in [2.75, 3.05) is 5.32 Å². The SMILES string of the molecule is C#Cc1ccccc1C(C(=O)Nc1ccc2ccccc2c1)N(C(=O)C(CCC(N)=O)NC(=O)OC(C)(C)C)C(C)(C)C. The second-order valence-corrected chi connectivity index (χ2v) is 12.3. The summed E-state index contributed by atoms with van der Waals surface area (Å²) in [4.78, 5) is 54.6. The number of ether oxygens (including phenoxy) is 1. The van der Waals surface area contributed by atoms with Crippen molar-refractivity contribution in [3.05, 3.63) is 77.9 Å². The van der Waals surface area contributed by atoms with E-state index in [2.05, 4.69) is 16.6 Å². The van der Waals surface area contributed by atoms with Gasteiger partial charge in [-0.05, 0) is 82.5 Å². The van der Waals surface area contributed by atoms with Crippen LogP contribution < -0.4 is 16.4 Å². The van der Waals surface area contributed by atoms with E-state index >= 15 is 0 Å². The summed E-state index contributed by atoms with van der Waals surface area (Å²) in [6, 6.07) is 17.7. The predicted octanol–water partition coefficient (Wildman–Crippen LogP) is 5.29. The molecular weight excluding hydrogens is 544 g/mol. The van der Waals surface area contributed by atoms with Crippen LogP contribution in [0.5, 0.6) is 0 Å². The molecule has 0 saturated heterocycles. The minimum Gasteiger partial charge on any atom is -0.444 e. The van der Waals surface area contributed by atoms with Crippen LogP contribution in [0.1, 0.15) is 71.6 Å². The fourth-order valence-corrected chi connectivity index (χ4v) is 4.75. The zero-order valence-corrected chi connectivity index (χ0v) is 25.6. The number of terminal acetylenes is 1. The van der Waals surface area contributed by atoms with E-state index in [4.69, 9.17) is 16.9 Å². The van der Waals surface area contributed by atoms with Crippen molar-refractivity contribution in [1.82, 2.24) is 10.2 Å². The fraction of sp³-hybridized carbons (Fsp3) is 0.353. The Balaban J connectivity index is 2.12. The van der Waals surface area contributed by atoms with E-state index in [-0.39, 0.29) is 12.8 Å². The van der Waals surface area contributed by atoms with Gasteiger partial charge in [-0.15, -0.1) is 6.42 Å². The van der Waals surface area contributed by atoms with E-state index < -0.39 is 47.0 Å². The summed E-state index contributed by atoms with van der Waals surface area (Å²) in [7, 11) is 0. The van der Waals surface area contributed by atoms with E-state index in [1.54, 1.807) is 71.9 Å². The highest BCUT2D eigenvalue weighted by atomic mass is 16.6. The molecule has 2 unspecified atom stereocenters. The van der Waals surface area contributed by atoms with Crippen LogP contribution in [0, 0.1) is 12.3 Å². The van der Waals surface area contributed by atoms with E-state index in [1.165, 1.54) is 4.90 Å². The van der Waals surface area contributed by atoms with E-state index in [0.29, 0.717) is 16.8 Å². The highest BCUT2D eigenvalue weighted by Gasteiger charge is 2.42. The van der Waals surface area contributed by atoms with Crippen molar-refractivity contribution in [2.24, 2.45) is 5.73 Å². The first-order chi connectivity index (χ1) is 20.1. The van der Waals surface area contributed by atoms with Gasteiger partial charge < -0.3 is 26.0 Å². The molecule has 0 heterocycles. The van der Waals surface area contributed by atoms with Crippen molar-refractivity contribution in [3.8, 4) is 12.3 Å². The summed E-state index contributed by atoms with van der Waals surface area (Å²) < 4.78 is 5.39. The van der Waals surface area contributed by atoms with Gasteiger partial charge in [0.25, 0.3) is 5.91 Å². The lowest BCUT2D eigenvalue weighted by molar-refractivity contribution is -0.147. The average molecular weight is 585 g/mol. The Kier molecular flexibility index (Phi) is 10.2. The number of amides is 4. The van der Waals surface area contributed by atoms with Crippen molar-refractivity contribution >= 4 is 40.3 Å². The number of benzene rings is 3. The average Bonchev–Trinajstić information content (AvgIpc) is 2.91. The van der Waals surface area contributed by atoms with Gasteiger partial charge in [0.2, 0.25) is 11.8 Å². The third kappa shape index (κ3) is 8.82. The van der Waals surface area contributed by atoms with Gasteiger partial charge in [-0.25, -0.2) is 4.79 Å². The molecule has 9 heteroatoms. The number of hydrogen-bond acceptors (Lipinski definition) is 5. The molecule has 4 amide bonds. The Morgan fingerprint density at radius 2 is 1.56 bits per heavy atom. The van der Waals surface area contributed by atoms with Gasteiger partial charge in [-0.3, -0.25) is 14.4 Å². The largest absolute Gasteiger partial charge is 0.444 e. The highest BCUT2D eigenvalue weighted by Crippen LogP contribution is 2.33. The second-order valence-electron chi connectivity index (χ2n) is 12.3. The Bertz CT molecular complexity index is 1540. The molecule has 0 radical (unpaired) electrons. The third-order valence-electron chi connectivity index (χ3n) is 6.56. The lowest BCUT2D eigenvalue weighted by atomic mass is 9.92. The molecule has 0 aliphatic carbocycles. The highest BCUT2D eigenvalue weighted by molar-refractivity contribution is 6.01. The molecule has 0 spiro atoms. The molecule has 43 heavy (non-hydrogen) atoms. The van der Waals surface area contributed by atoms with Crippen molar-refractivity contribution in [1.29, 1.82) is 0 Å². The lowest BCUT2D eigenvalue weighted by Crippen LogP contribution is -2.58. The summed E-state index contributed by atoms with van der Waals surface area (Å²) in [6.45, 7) is 10.4. The second kappa shape index (κ2) is 13.4. The number of fused-ring (bicyclic) bond motifs is 1. The predicted molar refractivity (Wildman–Crippen MR) is 168 cm³/mol. The van der Waals surface area contributed by atoms with Crippen LogP contribution in [0.4, 0.5) is 10.5 Å². The zero-order valence-electron chi connectivity index (χ0n) is 25.6. The number of primary amides is 1. The Labute approximate surface area is 253 Å². The molecule has 3 aromatic rings. The summed E-state index contributed by atoms with van der Waals surface area (Å²) in [5.41, 5.74) is 5.00. The molecule has 9 nitrogen and oxygen atoms in total. The van der Waals surface area contributed by atoms with Gasteiger partial charge >= 0.3 is 6.09 Å². The maximum Gasteiger partial charge on any atom is 0.408 e. The number of carbonyl (C=O) groups is 4. The number of carbonyl (C=O) groups excluding carboxylic acids is 4. The third-order valence-corrected chi connectivity index (χ3v) is 6.56. The first-order valence-corrected chi connectivity index (χ1v) is 14.1. The van der Waals surface area contributed by atoms with Crippen molar-refractivity contribution in [2.45, 2.75) is 77.6 Å². The molecule has 0 saturated carbocycles. The lowest BCUT2D eigenvalue weighted by Gasteiger charge is -2.43. The van der Waals surface area contributed by atoms with Crippen LogP contribution in [-0.4, -0.2) is 45.9 Å². The monoisotopic (exact) mass is 584 g/mol. The maximum atomic E-state index is 14.4. The molecule has 3 rings (SSSR count). The first-order valence-electron chi connectivity index (χ1n) is 14.1.